The Morgan fingerprint density at radius 1 is 0.538 bits per heavy atom. The fourth-order valence-electron chi connectivity index (χ4n) is 4.52. The quantitative estimate of drug-likeness (QED) is 0.148. The van der Waals surface area contributed by atoms with Crippen molar-refractivity contribution in [3.05, 3.63) is 169 Å². The molecule has 0 aromatic heterocycles. The van der Waals surface area contributed by atoms with Crippen molar-refractivity contribution in [3.63, 3.8) is 0 Å². The lowest BCUT2D eigenvalue weighted by Gasteiger charge is -2.36. The van der Waals surface area contributed by atoms with E-state index < -0.39 is 18.3 Å². The van der Waals surface area contributed by atoms with Crippen molar-refractivity contribution >= 4 is 0 Å². The van der Waals surface area contributed by atoms with E-state index in [0.717, 1.165) is 22.3 Å². The van der Waals surface area contributed by atoms with Gasteiger partial charge in [0.1, 0.15) is 18.0 Å². The second kappa shape index (κ2) is 14.9. The Balaban J connectivity index is 1.67. The van der Waals surface area contributed by atoms with Gasteiger partial charge in [0, 0.05) is 5.92 Å². The van der Waals surface area contributed by atoms with Crippen LogP contribution in [0.15, 0.2) is 141 Å². The first kappa shape index (κ1) is 28.2. The molecule has 0 amide bonds. The summed E-state index contributed by atoms with van der Waals surface area (Å²) in [5, 5.41) is 0. The van der Waals surface area contributed by atoms with Crippen LogP contribution in [0, 0.1) is 5.82 Å². The zero-order valence-electron chi connectivity index (χ0n) is 22.1. The summed E-state index contributed by atoms with van der Waals surface area (Å²) in [4.78, 5) is 0. The van der Waals surface area contributed by atoms with E-state index in [1.807, 2.05) is 97.1 Å². The molecule has 0 fully saturated rings. The molecule has 0 heterocycles. The third-order valence-electron chi connectivity index (χ3n) is 6.60. The molecule has 200 valence electrons. The molecule has 4 heteroatoms. The van der Waals surface area contributed by atoms with Gasteiger partial charge in [0.2, 0.25) is 0 Å². The van der Waals surface area contributed by atoms with E-state index in [2.05, 4.69) is 13.2 Å². The minimum absolute atomic E-state index is 0.294. The highest BCUT2D eigenvalue weighted by Crippen LogP contribution is 2.31. The molecular formula is C35H35FO3. The number of benzene rings is 4. The third-order valence-corrected chi connectivity index (χ3v) is 6.60. The zero-order chi connectivity index (χ0) is 27.3. The Labute approximate surface area is 231 Å². The predicted molar refractivity (Wildman–Crippen MR) is 155 cm³/mol. The summed E-state index contributed by atoms with van der Waals surface area (Å²) >= 11 is 0. The molecule has 39 heavy (non-hydrogen) atoms. The van der Waals surface area contributed by atoms with Gasteiger partial charge in [0.25, 0.3) is 0 Å². The van der Waals surface area contributed by atoms with E-state index in [9.17, 15) is 4.39 Å². The van der Waals surface area contributed by atoms with E-state index in [1.54, 1.807) is 18.2 Å². The van der Waals surface area contributed by atoms with Crippen LogP contribution in [-0.4, -0.2) is 18.3 Å². The van der Waals surface area contributed by atoms with Crippen molar-refractivity contribution < 1.29 is 18.6 Å². The third kappa shape index (κ3) is 8.33. The molecule has 4 aromatic rings. The lowest BCUT2D eigenvalue weighted by molar-refractivity contribution is -0.142. The second-order valence-electron chi connectivity index (χ2n) is 9.33. The van der Waals surface area contributed by atoms with Crippen molar-refractivity contribution in [2.75, 3.05) is 0 Å². The van der Waals surface area contributed by atoms with Crippen LogP contribution < -0.4 is 0 Å². The van der Waals surface area contributed by atoms with Crippen LogP contribution in [0.1, 0.15) is 28.2 Å². The molecule has 0 N–H and O–H groups in total. The Morgan fingerprint density at radius 3 is 1.41 bits per heavy atom. The molecule has 0 aliphatic carbocycles. The van der Waals surface area contributed by atoms with Crippen molar-refractivity contribution in [1.29, 1.82) is 0 Å². The highest BCUT2D eigenvalue weighted by Gasteiger charge is 2.36. The van der Waals surface area contributed by atoms with E-state index in [1.165, 1.54) is 12.1 Å². The molecule has 0 saturated heterocycles. The minimum Gasteiger partial charge on any atom is -0.370 e. The van der Waals surface area contributed by atoms with Crippen LogP contribution in [0.3, 0.4) is 0 Å². The molecule has 4 aromatic carbocycles. The maximum atomic E-state index is 13.8. The summed E-state index contributed by atoms with van der Waals surface area (Å²) in [7, 11) is 0. The van der Waals surface area contributed by atoms with E-state index >= 15 is 0 Å². The molecule has 0 radical (unpaired) electrons. The van der Waals surface area contributed by atoms with Crippen LogP contribution in [0.4, 0.5) is 4.39 Å². The van der Waals surface area contributed by atoms with Crippen molar-refractivity contribution in [2.24, 2.45) is 0 Å². The standard InChI is InChI=1S/C35H35FO3/c1-3-32(30-20-22-31(36)23-21-30)34(38-25-28-16-10-6-11-17-28)35(39-26-29-18-12-7-13-19-29)33(4-2)37-24-27-14-8-5-9-15-27/h3-23,32-35H,1-2,24-26H2/t32-,33-,34+,35+/m0/s1. The Morgan fingerprint density at radius 2 is 0.974 bits per heavy atom. The molecule has 0 aliphatic rings. The zero-order valence-corrected chi connectivity index (χ0v) is 22.1. The van der Waals surface area contributed by atoms with Crippen LogP contribution in [0.25, 0.3) is 0 Å². The van der Waals surface area contributed by atoms with Gasteiger partial charge in [-0.25, -0.2) is 4.39 Å². The maximum absolute atomic E-state index is 13.8. The molecule has 0 unspecified atom stereocenters. The van der Waals surface area contributed by atoms with E-state index in [0.29, 0.717) is 19.8 Å². The number of ether oxygens (including phenoxy) is 3. The van der Waals surface area contributed by atoms with Crippen LogP contribution in [0.5, 0.6) is 0 Å². The summed E-state index contributed by atoms with van der Waals surface area (Å²) in [5.74, 6) is -0.590. The van der Waals surface area contributed by atoms with Crippen molar-refractivity contribution in [2.45, 2.75) is 44.1 Å². The molecule has 0 bridgehead atoms. The van der Waals surface area contributed by atoms with Gasteiger partial charge in [0.05, 0.1) is 25.9 Å². The van der Waals surface area contributed by atoms with E-state index in [4.69, 9.17) is 14.2 Å². The topological polar surface area (TPSA) is 27.7 Å². The Hall–Kier alpha value is -3.83. The highest BCUT2D eigenvalue weighted by molar-refractivity contribution is 5.27. The second-order valence-corrected chi connectivity index (χ2v) is 9.33. The lowest BCUT2D eigenvalue weighted by atomic mass is 9.88. The Kier molecular flexibility index (Phi) is 10.8. The fraction of sp³-hybridized carbons (Fsp3) is 0.200. The average Bonchev–Trinajstić information content (AvgIpc) is 2.99. The minimum atomic E-state index is -0.539. The SMILES string of the molecule is C=C[C@H](OCc1ccccc1)[C@@H](OCc1ccccc1)[C@H](OCc1ccccc1)[C@@H](C=C)c1ccc(F)cc1. The first-order valence-electron chi connectivity index (χ1n) is 13.1. The summed E-state index contributed by atoms with van der Waals surface area (Å²) < 4.78 is 33.5. The fourth-order valence-corrected chi connectivity index (χ4v) is 4.52. The molecule has 3 nitrogen and oxygen atoms in total. The highest BCUT2D eigenvalue weighted by atomic mass is 19.1. The average molecular weight is 523 g/mol. The first-order valence-corrected chi connectivity index (χ1v) is 13.1. The number of hydrogen-bond acceptors (Lipinski definition) is 3. The molecule has 0 saturated carbocycles. The first-order chi connectivity index (χ1) is 19.2. The van der Waals surface area contributed by atoms with Gasteiger partial charge >= 0.3 is 0 Å². The number of rotatable bonds is 15. The van der Waals surface area contributed by atoms with Gasteiger partial charge in [-0.3, -0.25) is 0 Å². The van der Waals surface area contributed by atoms with Crippen LogP contribution in [-0.2, 0) is 34.0 Å². The van der Waals surface area contributed by atoms with Gasteiger partial charge < -0.3 is 14.2 Å². The molecule has 0 aliphatic heterocycles. The van der Waals surface area contributed by atoms with Crippen molar-refractivity contribution in [1.82, 2.24) is 0 Å². The molecule has 0 spiro atoms. The molecule has 4 atom stereocenters. The smallest absolute Gasteiger partial charge is 0.123 e. The largest absolute Gasteiger partial charge is 0.370 e. The lowest BCUT2D eigenvalue weighted by Crippen LogP contribution is -2.44. The van der Waals surface area contributed by atoms with Gasteiger partial charge in [0.15, 0.2) is 0 Å². The maximum Gasteiger partial charge on any atom is 0.123 e. The Bertz CT molecular complexity index is 1260. The summed E-state index contributed by atoms with van der Waals surface area (Å²) in [6, 6.07) is 36.4. The monoisotopic (exact) mass is 522 g/mol. The normalized spacial score (nSPS) is 14.2. The number of halogens is 1. The van der Waals surface area contributed by atoms with Crippen molar-refractivity contribution in [3.8, 4) is 0 Å². The molecule has 4 rings (SSSR count). The van der Waals surface area contributed by atoms with Gasteiger partial charge in [-0.15, -0.1) is 13.2 Å². The van der Waals surface area contributed by atoms with Gasteiger partial charge in [-0.05, 0) is 34.4 Å². The van der Waals surface area contributed by atoms with Gasteiger partial charge in [-0.2, -0.15) is 0 Å². The summed E-state index contributed by atoms with van der Waals surface area (Å²) in [6.45, 7) is 9.32. The van der Waals surface area contributed by atoms with E-state index in [-0.39, 0.29) is 11.7 Å². The summed E-state index contributed by atoms with van der Waals surface area (Å²) in [5.41, 5.74) is 3.99. The van der Waals surface area contributed by atoms with Gasteiger partial charge in [-0.1, -0.05) is 115 Å². The number of hydrogen-bond donors (Lipinski definition) is 0. The van der Waals surface area contributed by atoms with Crippen LogP contribution in [0.2, 0.25) is 0 Å². The molecular weight excluding hydrogens is 487 g/mol. The predicted octanol–water partition coefficient (Wildman–Crippen LogP) is 8.04. The van der Waals surface area contributed by atoms with Crippen LogP contribution >= 0.6 is 0 Å². The summed E-state index contributed by atoms with van der Waals surface area (Å²) in [6.07, 6.45) is 2.07.